The van der Waals surface area contributed by atoms with Crippen LogP contribution in [0.5, 0.6) is 0 Å². The molecule has 1 fully saturated rings. The smallest absolute Gasteiger partial charge is 0.0725 e. The fourth-order valence-electron chi connectivity index (χ4n) is 1.21. The van der Waals surface area contributed by atoms with Crippen LogP contribution in [0.4, 0.5) is 0 Å². The van der Waals surface area contributed by atoms with Crippen LogP contribution in [-0.2, 0) is 4.74 Å². The summed E-state index contributed by atoms with van der Waals surface area (Å²) in [6.45, 7) is 11.4. The molecule has 0 spiro atoms. The summed E-state index contributed by atoms with van der Waals surface area (Å²) >= 11 is 0. The Labute approximate surface area is 76.7 Å². The van der Waals surface area contributed by atoms with Crippen LogP contribution >= 0.6 is 0 Å². The molecular formula is C10H23NO. The van der Waals surface area contributed by atoms with E-state index < -0.39 is 0 Å². The van der Waals surface area contributed by atoms with Gasteiger partial charge in [-0.15, -0.1) is 0 Å². The van der Waals surface area contributed by atoms with Crippen LogP contribution < -0.4 is 5.32 Å². The summed E-state index contributed by atoms with van der Waals surface area (Å²) in [7, 11) is 0. The molecule has 1 heterocycles. The molecule has 0 saturated carbocycles. The number of ether oxygens (including phenoxy) is 1. The Morgan fingerprint density at radius 3 is 2.58 bits per heavy atom. The fourth-order valence-corrected chi connectivity index (χ4v) is 1.21. The number of rotatable bonds is 2. The molecule has 1 aliphatic heterocycles. The highest BCUT2D eigenvalue weighted by molar-refractivity contribution is 4.71. The Kier molecular flexibility index (Phi) is 7.51. The highest BCUT2D eigenvalue weighted by Crippen LogP contribution is 2.11. The molecule has 2 unspecified atom stereocenters. The third kappa shape index (κ3) is 4.07. The minimum absolute atomic E-state index is 0.457. The maximum Gasteiger partial charge on any atom is 0.0725 e. The molecule has 1 saturated heterocycles. The zero-order valence-electron chi connectivity index (χ0n) is 8.89. The van der Waals surface area contributed by atoms with Crippen molar-refractivity contribution < 1.29 is 4.74 Å². The molecule has 0 aromatic rings. The first-order valence-corrected chi connectivity index (χ1v) is 5.17. The lowest BCUT2D eigenvalue weighted by Gasteiger charge is -2.27. The number of morpholine rings is 1. The molecule has 0 radical (unpaired) electrons. The molecule has 0 bridgehead atoms. The summed E-state index contributed by atoms with van der Waals surface area (Å²) in [5.74, 6) is 0.702. The molecule has 2 nitrogen and oxygen atoms in total. The first-order valence-electron chi connectivity index (χ1n) is 5.17. The van der Waals surface area contributed by atoms with Crippen molar-refractivity contribution in [3.63, 3.8) is 0 Å². The third-order valence-corrected chi connectivity index (χ3v) is 2.23. The lowest BCUT2D eigenvalue weighted by atomic mass is 10.0. The van der Waals surface area contributed by atoms with Crippen LogP contribution in [0, 0.1) is 5.92 Å². The van der Waals surface area contributed by atoms with E-state index in [1.165, 1.54) is 6.42 Å². The Balaban J connectivity index is 0.000000561. The van der Waals surface area contributed by atoms with Gasteiger partial charge in [0.15, 0.2) is 0 Å². The van der Waals surface area contributed by atoms with Crippen LogP contribution in [-0.4, -0.2) is 25.8 Å². The molecule has 12 heavy (non-hydrogen) atoms. The predicted octanol–water partition coefficient (Wildman–Crippen LogP) is 2.05. The van der Waals surface area contributed by atoms with E-state index in [2.05, 4.69) is 19.2 Å². The lowest BCUT2D eigenvalue weighted by molar-refractivity contribution is -0.00510. The van der Waals surface area contributed by atoms with Gasteiger partial charge in [0, 0.05) is 13.1 Å². The van der Waals surface area contributed by atoms with Crippen LogP contribution in [0.25, 0.3) is 0 Å². The molecule has 0 aromatic heterocycles. The van der Waals surface area contributed by atoms with E-state index in [0.717, 1.165) is 19.7 Å². The van der Waals surface area contributed by atoms with Gasteiger partial charge in [-0.3, -0.25) is 0 Å². The summed E-state index contributed by atoms with van der Waals surface area (Å²) in [5.41, 5.74) is 0. The minimum atomic E-state index is 0.457. The van der Waals surface area contributed by atoms with Gasteiger partial charge in [0.1, 0.15) is 0 Å². The highest BCUT2D eigenvalue weighted by Gasteiger charge is 2.18. The maximum atomic E-state index is 5.57. The van der Waals surface area contributed by atoms with Crippen LogP contribution in [0.2, 0.25) is 0 Å². The Hall–Kier alpha value is -0.0800. The first kappa shape index (κ1) is 11.9. The molecule has 0 amide bonds. The maximum absolute atomic E-state index is 5.57. The molecule has 1 rings (SSSR count). The predicted molar refractivity (Wildman–Crippen MR) is 53.4 cm³/mol. The average Bonchev–Trinajstić information content (AvgIpc) is 2.21. The van der Waals surface area contributed by atoms with E-state index in [4.69, 9.17) is 4.74 Å². The average molecular weight is 173 g/mol. The van der Waals surface area contributed by atoms with Crippen LogP contribution in [0.15, 0.2) is 0 Å². The van der Waals surface area contributed by atoms with E-state index in [1.807, 2.05) is 13.8 Å². The number of hydrogen-bond donors (Lipinski definition) is 1. The van der Waals surface area contributed by atoms with E-state index >= 15 is 0 Å². The van der Waals surface area contributed by atoms with Crippen molar-refractivity contribution in [1.29, 1.82) is 0 Å². The molecular weight excluding hydrogens is 150 g/mol. The van der Waals surface area contributed by atoms with Crippen LogP contribution in [0.3, 0.4) is 0 Å². The Morgan fingerprint density at radius 2 is 2.17 bits per heavy atom. The van der Waals surface area contributed by atoms with Crippen molar-refractivity contribution in [1.82, 2.24) is 5.32 Å². The van der Waals surface area contributed by atoms with Crippen molar-refractivity contribution in [3.8, 4) is 0 Å². The normalized spacial score (nSPS) is 25.5. The summed E-state index contributed by atoms with van der Waals surface area (Å²) < 4.78 is 5.57. The van der Waals surface area contributed by atoms with Crippen molar-refractivity contribution in [3.05, 3.63) is 0 Å². The molecule has 1 aliphatic rings. The lowest BCUT2D eigenvalue weighted by Crippen LogP contribution is -2.41. The summed E-state index contributed by atoms with van der Waals surface area (Å²) in [4.78, 5) is 0. The van der Waals surface area contributed by atoms with Gasteiger partial charge >= 0.3 is 0 Å². The van der Waals surface area contributed by atoms with Crippen molar-refractivity contribution in [2.75, 3.05) is 19.7 Å². The van der Waals surface area contributed by atoms with Gasteiger partial charge < -0.3 is 10.1 Å². The molecule has 2 heteroatoms. The second kappa shape index (κ2) is 7.56. The van der Waals surface area contributed by atoms with Crippen molar-refractivity contribution in [2.45, 2.75) is 40.2 Å². The number of nitrogens with one attached hydrogen (secondary N) is 1. The van der Waals surface area contributed by atoms with Gasteiger partial charge in [-0.1, -0.05) is 34.1 Å². The van der Waals surface area contributed by atoms with Gasteiger partial charge in [0.25, 0.3) is 0 Å². The minimum Gasteiger partial charge on any atom is -0.375 e. The van der Waals surface area contributed by atoms with Gasteiger partial charge in [0.05, 0.1) is 12.7 Å². The van der Waals surface area contributed by atoms with Crippen LogP contribution in [0.1, 0.15) is 34.1 Å². The molecule has 0 aromatic carbocycles. The topological polar surface area (TPSA) is 21.3 Å². The standard InChI is InChI=1S/C8H17NO.C2H6/c1-3-7(2)8-6-9-4-5-10-8;1-2/h7-9H,3-6H2,1-2H3;1-2H3. The van der Waals surface area contributed by atoms with Crippen molar-refractivity contribution in [2.24, 2.45) is 5.92 Å². The second-order valence-corrected chi connectivity index (χ2v) is 3.00. The molecule has 74 valence electrons. The zero-order valence-corrected chi connectivity index (χ0v) is 8.89. The largest absolute Gasteiger partial charge is 0.375 e. The first-order chi connectivity index (χ1) is 5.84. The third-order valence-electron chi connectivity index (χ3n) is 2.23. The second-order valence-electron chi connectivity index (χ2n) is 3.00. The highest BCUT2D eigenvalue weighted by atomic mass is 16.5. The molecule has 1 N–H and O–H groups in total. The van der Waals surface area contributed by atoms with Crippen molar-refractivity contribution >= 4 is 0 Å². The van der Waals surface area contributed by atoms with Gasteiger partial charge in [-0.25, -0.2) is 0 Å². The Morgan fingerprint density at radius 1 is 1.50 bits per heavy atom. The molecule has 0 aliphatic carbocycles. The monoisotopic (exact) mass is 173 g/mol. The summed E-state index contributed by atoms with van der Waals surface area (Å²) in [6, 6.07) is 0. The molecule has 2 atom stereocenters. The zero-order chi connectivity index (χ0) is 9.40. The van der Waals surface area contributed by atoms with E-state index in [9.17, 15) is 0 Å². The summed E-state index contributed by atoms with van der Waals surface area (Å²) in [6.07, 6.45) is 1.67. The van der Waals surface area contributed by atoms with E-state index in [1.54, 1.807) is 0 Å². The number of hydrogen-bond acceptors (Lipinski definition) is 2. The van der Waals surface area contributed by atoms with Gasteiger partial charge in [0.2, 0.25) is 0 Å². The van der Waals surface area contributed by atoms with Gasteiger partial charge in [-0.2, -0.15) is 0 Å². The fraction of sp³-hybridized carbons (Fsp3) is 1.00. The van der Waals surface area contributed by atoms with E-state index in [-0.39, 0.29) is 0 Å². The quantitative estimate of drug-likeness (QED) is 0.690. The van der Waals surface area contributed by atoms with E-state index in [0.29, 0.717) is 12.0 Å². The summed E-state index contributed by atoms with van der Waals surface area (Å²) in [5, 5.41) is 3.33. The Bertz CT molecular complexity index is 89.8. The van der Waals surface area contributed by atoms with Gasteiger partial charge in [-0.05, 0) is 5.92 Å². The SMILES string of the molecule is CC.CCC(C)C1CNCCO1.